The number of aromatic nitrogens is 3. The Labute approximate surface area is 185 Å². The first-order valence-electron chi connectivity index (χ1n) is 9.36. The van der Waals surface area contributed by atoms with Crippen molar-refractivity contribution in [2.45, 2.75) is 6.92 Å². The van der Waals surface area contributed by atoms with E-state index in [9.17, 15) is 9.59 Å². The van der Waals surface area contributed by atoms with Crippen LogP contribution in [0, 0.1) is 0 Å². The number of fused-ring (bicyclic) bond motifs is 1. The second kappa shape index (κ2) is 7.61. The van der Waals surface area contributed by atoms with Gasteiger partial charge in [0, 0.05) is 27.8 Å². The molecule has 0 spiro atoms. The maximum atomic E-state index is 12.8. The molecule has 0 radical (unpaired) electrons. The van der Waals surface area contributed by atoms with Crippen molar-refractivity contribution in [3.05, 3.63) is 91.9 Å². The lowest BCUT2D eigenvalue weighted by atomic mass is 10.1. The summed E-state index contributed by atoms with van der Waals surface area (Å²) in [5, 5.41) is 4.91. The number of benzene rings is 2. The lowest BCUT2D eigenvalue weighted by Gasteiger charge is -1.98. The van der Waals surface area contributed by atoms with Gasteiger partial charge in [-0.3, -0.25) is 9.59 Å². The normalized spacial score (nSPS) is 12.0. The van der Waals surface area contributed by atoms with E-state index >= 15 is 0 Å². The van der Waals surface area contributed by atoms with Crippen LogP contribution in [0.3, 0.4) is 0 Å². The van der Waals surface area contributed by atoms with Crippen LogP contribution in [0.5, 0.6) is 0 Å². The zero-order chi connectivity index (χ0) is 21.5. The van der Waals surface area contributed by atoms with Crippen LogP contribution in [0.15, 0.2) is 69.9 Å². The summed E-state index contributed by atoms with van der Waals surface area (Å²) in [6.45, 7) is 1.53. The number of furan rings is 1. The summed E-state index contributed by atoms with van der Waals surface area (Å²) in [4.78, 5) is 29.1. The van der Waals surface area contributed by atoms with Gasteiger partial charge in [0.05, 0.1) is 0 Å². The van der Waals surface area contributed by atoms with E-state index in [1.54, 1.807) is 36.4 Å². The van der Waals surface area contributed by atoms with Gasteiger partial charge in [0.2, 0.25) is 4.96 Å². The molecule has 0 fully saturated rings. The lowest BCUT2D eigenvalue weighted by molar-refractivity contribution is 0.101. The fourth-order valence-electron chi connectivity index (χ4n) is 3.17. The van der Waals surface area contributed by atoms with Gasteiger partial charge >= 0.3 is 0 Å². The van der Waals surface area contributed by atoms with Gasteiger partial charge in [0.15, 0.2) is 11.6 Å². The van der Waals surface area contributed by atoms with Crippen molar-refractivity contribution in [1.29, 1.82) is 0 Å². The summed E-state index contributed by atoms with van der Waals surface area (Å²) < 4.78 is 7.63. The number of hydrogen-bond donors (Lipinski definition) is 0. The van der Waals surface area contributed by atoms with Crippen molar-refractivity contribution in [2.24, 2.45) is 0 Å². The van der Waals surface area contributed by atoms with E-state index in [1.807, 2.05) is 30.3 Å². The van der Waals surface area contributed by atoms with Gasteiger partial charge in [-0.15, -0.1) is 5.10 Å². The number of Topliss-reactive ketones (excluding diaryl/α,β-unsaturated/α-hetero) is 1. The average molecular weight is 448 g/mol. The first-order chi connectivity index (χ1) is 15.0. The minimum Gasteiger partial charge on any atom is -0.457 e. The summed E-state index contributed by atoms with van der Waals surface area (Å²) in [7, 11) is 0. The van der Waals surface area contributed by atoms with E-state index in [2.05, 4.69) is 10.1 Å². The highest BCUT2D eigenvalue weighted by molar-refractivity contribution is 7.15. The number of ketones is 1. The molecular formula is C23H14ClN3O3S. The van der Waals surface area contributed by atoms with Crippen LogP contribution in [-0.4, -0.2) is 20.4 Å². The van der Waals surface area contributed by atoms with E-state index in [-0.39, 0.29) is 11.3 Å². The van der Waals surface area contributed by atoms with Crippen LogP contribution in [0.25, 0.3) is 33.7 Å². The Morgan fingerprint density at radius 1 is 1.10 bits per heavy atom. The number of nitrogens with zero attached hydrogens (tertiary/aromatic N) is 3. The Bertz CT molecular complexity index is 1550. The van der Waals surface area contributed by atoms with Crippen molar-refractivity contribution in [2.75, 3.05) is 0 Å². The van der Waals surface area contributed by atoms with Crippen molar-refractivity contribution in [3.8, 4) is 22.7 Å². The number of halogens is 1. The second-order valence-corrected chi connectivity index (χ2v) is 8.34. The third-order valence-electron chi connectivity index (χ3n) is 4.74. The Kier molecular flexibility index (Phi) is 4.77. The smallest absolute Gasteiger partial charge is 0.291 e. The Balaban J connectivity index is 1.48. The molecule has 3 aromatic heterocycles. The van der Waals surface area contributed by atoms with E-state index in [0.29, 0.717) is 37.4 Å². The SMILES string of the molecule is CC(=O)c1ccc(-c2ccc(C=c3sc4nc(-c5cccc(Cl)c5)nn4c3=O)o2)cc1. The first kappa shape index (κ1) is 19.4. The predicted octanol–water partition coefficient (Wildman–Crippen LogP) is 4.48. The number of carbonyl (C=O) groups is 1. The van der Waals surface area contributed by atoms with Gasteiger partial charge < -0.3 is 4.42 Å². The third-order valence-corrected chi connectivity index (χ3v) is 5.94. The third kappa shape index (κ3) is 3.69. The molecule has 0 N–H and O–H groups in total. The zero-order valence-corrected chi connectivity index (χ0v) is 17.8. The molecule has 0 saturated heterocycles. The molecule has 0 amide bonds. The predicted molar refractivity (Wildman–Crippen MR) is 121 cm³/mol. The van der Waals surface area contributed by atoms with Crippen molar-refractivity contribution in [1.82, 2.24) is 14.6 Å². The number of rotatable bonds is 4. The Hall–Kier alpha value is -3.55. The molecule has 0 saturated carbocycles. The highest BCUT2D eigenvalue weighted by Gasteiger charge is 2.13. The molecule has 8 heteroatoms. The molecule has 0 aliphatic heterocycles. The van der Waals surface area contributed by atoms with Crippen LogP contribution in [0.4, 0.5) is 0 Å². The number of carbonyl (C=O) groups excluding carboxylic acids is 1. The molecule has 0 bridgehead atoms. The van der Waals surface area contributed by atoms with Crippen LogP contribution in [-0.2, 0) is 0 Å². The highest BCUT2D eigenvalue weighted by Crippen LogP contribution is 2.23. The molecule has 0 aliphatic rings. The molecular weight excluding hydrogens is 434 g/mol. The minimum atomic E-state index is -0.260. The Morgan fingerprint density at radius 2 is 1.90 bits per heavy atom. The van der Waals surface area contributed by atoms with Crippen molar-refractivity contribution >= 4 is 39.8 Å². The largest absolute Gasteiger partial charge is 0.457 e. The average Bonchev–Trinajstić information content (AvgIpc) is 3.46. The highest BCUT2D eigenvalue weighted by atomic mass is 35.5. The fraction of sp³-hybridized carbons (Fsp3) is 0.0435. The molecule has 3 heterocycles. The van der Waals surface area contributed by atoms with Gasteiger partial charge in [-0.25, -0.2) is 0 Å². The summed E-state index contributed by atoms with van der Waals surface area (Å²) in [5.41, 5.74) is 1.98. The van der Waals surface area contributed by atoms with Crippen LogP contribution < -0.4 is 10.1 Å². The van der Waals surface area contributed by atoms with E-state index in [0.717, 1.165) is 11.1 Å². The first-order valence-corrected chi connectivity index (χ1v) is 10.6. The summed E-state index contributed by atoms with van der Waals surface area (Å²) in [5.74, 6) is 1.66. The van der Waals surface area contributed by atoms with E-state index < -0.39 is 0 Å². The maximum Gasteiger partial charge on any atom is 0.291 e. The molecule has 5 rings (SSSR count). The van der Waals surface area contributed by atoms with Crippen molar-refractivity contribution in [3.63, 3.8) is 0 Å². The van der Waals surface area contributed by atoms with Gasteiger partial charge in [0.1, 0.15) is 16.1 Å². The fourth-order valence-corrected chi connectivity index (χ4v) is 4.25. The zero-order valence-electron chi connectivity index (χ0n) is 16.2. The molecule has 152 valence electrons. The maximum absolute atomic E-state index is 12.8. The van der Waals surface area contributed by atoms with Gasteiger partial charge in [0.25, 0.3) is 5.56 Å². The standard InChI is InChI=1S/C23H14ClN3O3S/c1-13(28)14-5-7-15(8-6-14)19-10-9-18(30-19)12-20-22(29)27-23(31-20)25-21(26-27)16-3-2-4-17(24)11-16/h2-12H,1H3. The second-order valence-electron chi connectivity index (χ2n) is 6.89. The molecule has 31 heavy (non-hydrogen) atoms. The van der Waals surface area contributed by atoms with Crippen molar-refractivity contribution < 1.29 is 9.21 Å². The van der Waals surface area contributed by atoms with Gasteiger partial charge in [-0.05, 0) is 31.2 Å². The van der Waals surface area contributed by atoms with Crippen LogP contribution in [0.2, 0.25) is 5.02 Å². The Morgan fingerprint density at radius 3 is 2.61 bits per heavy atom. The topological polar surface area (TPSA) is 77.5 Å². The summed E-state index contributed by atoms with van der Waals surface area (Å²) in [6.07, 6.45) is 1.68. The van der Waals surface area contributed by atoms with Crippen LogP contribution in [0.1, 0.15) is 23.0 Å². The van der Waals surface area contributed by atoms with Gasteiger partial charge in [-0.2, -0.15) is 9.50 Å². The minimum absolute atomic E-state index is 0.0119. The quantitative estimate of drug-likeness (QED) is 0.379. The van der Waals surface area contributed by atoms with E-state index in [1.165, 1.54) is 22.8 Å². The number of thiazole rings is 1. The van der Waals surface area contributed by atoms with Gasteiger partial charge in [-0.1, -0.05) is 59.3 Å². The summed E-state index contributed by atoms with van der Waals surface area (Å²) >= 11 is 7.27. The lowest BCUT2D eigenvalue weighted by Crippen LogP contribution is -2.23. The molecule has 0 aliphatic carbocycles. The number of hydrogen-bond acceptors (Lipinski definition) is 6. The summed E-state index contributed by atoms with van der Waals surface area (Å²) in [6, 6.07) is 18.0. The molecule has 5 aromatic rings. The van der Waals surface area contributed by atoms with Crippen LogP contribution >= 0.6 is 22.9 Å². The molecule has 0 atom stereocenters. The molecule has 6 nitrogen and oxygen atoms in total. The monoisotopic (exact) mass is 447 g/mol. The molecule has 0 unspecified atom stereocenters. The molecule has 2 aromatic carbocycles. The van der Waals surface area contributed by atoms with E-state index in [4.69, 9.17) is 16.0 Å².